The van der Waals surface area contributed by atoms with E-state index in [-0.39, 0.29) is 36.4 Å². The van der Waals surface area contributed by atoms with E-state index in [0.29, 0.717) is 6.04 Å². The average Bonchev–Trinajstić information content (AvgIpc) is 2.97. The van der Waals surface area contributed by atoms with Crippen molar-refractivity contribution in [3.8, 4) is 0 Å². The van der Waals surface area contributed by atoms with Crippen LogP contribution in [0.15, 0.2) is 4.99 Å². The second kappa shape index (κ2) is 9.57. The molecule has 22 heavy (non-hydrogen) atoms. The lowest BCUT2D eigenvalue weighted by atomic mass is 9.99. The number of nitrogens with one attached hydrogen (secondary N) is 1. The number of guanidine groups is 1. The van der Waals surface area contributed by atoms with Crippen molar-refractivity contribution in [1.29, 1.82) is 0 Å². The smallest absolute Gasteiger partial charge is 0.243 e. The maximum Gasteiger partial charge on any atom is 0.243 e. The van der Waals surface area contributed by atoms with Crippen molar-refractivity contribution in [2.45, 2.75) is 51.5 Å². The summed E-state index contributed by atoms with van der Waals surface area (Å²) < 4.78 is 0. The fourth-order valence-electron chi connectivity index (χ4n) is 2.99. The van der Waals surface area contributed by atoms with Gasteiger partial charge in [0.15, 0.2) is 5.96 Å². The summed E-state index contributed by atoms with van der Waals surface area (Å²) in [4.78, 5) is 20.3. The molecule has 1 aliphatic carbocycles. The molecule has 1 N–H and O–H groups in total. The Hall–Kier alpha value is -0.530. The Morgan fingerprint density at radius 1 is 1.18 bits per heavy atom. The van der Waals surface area contributed by atoms with Crippen molar-refractivity contribution in [3.63, 3.8) is 0 Å². The molecular formula is C16H31IN4O. The molecule has 0 unspecified atom stereocenters. The molecular weight excluding hydrogens is 391 g/mol. The Morgan fingerprint density at radius 3 is 2.32 bits per heavy atom. The largest absolute Gasteiger partial charge is 0.353 e. The molecule has 0 aromatic carbocycles. The summed E-state index contributed by atoms with van der Waals surface area (Å²) in [5.41, 5.74) is 0. The number of hydrogen-bond acceptors (Lipinski definition) is 2. The Morgan fingerprint density at radius 2 is 1.77 bits per heavy atom. The molecule has 0 spiro atoms. The number of nitrogens with zero attached hydrogens (tertiary/aromatic N) is 3. The normalized spacial score (nSPS) is 20.7. The highest BCUT2D eigenvalue weighted by atomic mass is 127. The van der Waals surface area contributed by atoms with Crippen LogP contribution in [0, 0.1) is 5.92 Å². The lowest BCUT2D eigenvalue weighted by Crippen LogP contribution is -2.48. The Balaban J connectivity index is 0.00000242. The summed E-state index contributed by atoms with van der Waals surface area (Å²) in [7, 11) is 3.56. The maximum atomic E-state index is 11.8. The van der Waals surface area contributed by atoms with Crippen LogP contribution < -0.4 is 5.32 Å². The topological polar surface area (TPSA) is 47.9 Å². The van der Waals surface area contributed by atoms with Gasteiger partial charge in [-0.1, -0.05) is 19.8 Å². The van der Waals surface area contributed by atoms with Gasteiger partial charge in [0.25, 0.3) is 0 Å². The minimum Gasteiger partial charge on any atom is -0.353 e. The number of piperidine rings is 1. The minimum absolute atomic E-state index is 0. The summed E-state index contributed by atoms with van der Waals surface area (Å²) >= 11 is 0. The minimum atomic E-state index is 0. The van der Waals surface area contributed by atoms with Gasteiger partial charge in [0.1, 0.15) is 6.54 Å². The number of likely N-dealkylation sites (N-methyl/N-ethyl adjacent to an activating group) is 1. The van der Waals surface area contributed by atoms with Gasteiger partial charge in [-0.3, -0.25) is 4.79 Å². The molecule has 1 saturated carbocycles. The second-order valence-corrected chi connectivity index (χ2v) is 6.72. The third kappa shape index (κ3) is 5.93. The van der Waals surface area contributed by atoms with Crippen LogP contribution in [0.1, 0.15) is 45.4 Å². The van der Waals surface area contributed by atoms with Gasteiger partial charge in [-0.05, 0) is 31.6 Å². The molecule has 0 radical (unpaired) electrons. The standard InChI is InChI=1S/C16H30N4O.HI/c1-13-8-10-20(11-9-13)16(17-12-15(21)19(2)3)18-14-6-4-5-7-14;/h13-14H,4-12H2,1-3H3,(H,17,18);1H. The molecule has 1 aliphatic heterocycles. The summed E-state index contributed by atoms with van der Waals surface area (Å²) in [5, 5.41) is 3.60. The maximum absolute atomic E-state index is 11.8. The Bertz CT molecular complexity index is 372. The number of carbonyl (C=O) groups excluding carboxylic acids is 1. The number of amides is 1. The van der Waals surface area contributed by atoms with Gasteiger partial charge < -0.3 is 15.1 Å². The predicted molar refractivity (Wildman–Crippen MR) is 102 cm³/mol. The van der Waals surface area contributed by atoms with Crippen molar-refractivity contribution in [2.24, 2.45) is 10.9 Å². The highest BCUT2D eigenvalue weighted by Gasteiger charge is 2.23. The van der Waals surface area contributed by atoms with E-state index in [1.54, 1.807) is 19.0 Å². The van der Waals surface area contributed by atoms with Crippen LogP contribution in [0.3, 0.4) is 0 Å². The molecule has 1 heterocycles. The van der Waals surface area contributed by atoms with Crippen molar-refractivity contribution in [3.05, 3.63) is 0 Å². The van der Waals surface area contributed by atoms with Crippen LogP contribution in [0.5, 0.6) is 0 Å². The average molecular weight is 422 g/mol. The monoisotopic (exact) mass is 422 g/mol. The lowest BCUT2D eigenvalue weighted by molar-refractivity contribution is -0.127. The van der Waals surface area contributed by atoms with Crippen molar-refractivity contribution >= 4 is 35.8 Å². The number of rotatable bonds is 3. The third-order valence-electron chi connectivity index (χ3n) is 4.63. The first kappa shape index (κ1) is 19.5. The summed E-state index contributed by atoms with van der Waals surface area (Å²) in [5.74, 6) is 1.81. The van der Waals surface area contributed by atoms with Gasteiger partial charge in [-0.2, -0.15) is 0 Å². The van der Waals surface area contributed by atoms with E-state index in [1.165, 1.54) is 38.5 Å². The molecule has 0 aromatic rings. The number of aliphatic imine (C=N–C) groups is 1. The van der Waals surface area contributed by atoms with Crippen LogP contribution >= 0.6 is 24.0 Å². The summed E-state index contributed by atoms with van der Waals surface area (Å²) in [6.07, 6.45) is 7.49. The van der Waals surface area contributed by atoms with Gasteiger partial charge in [-0.25, -0.2) is 4.99 Å². The van der Waals surface area contributed by atoms with Crippen LogP contribution in [-0.4, -0.2) is 61.4 Å². The van der Waals surface area contributed by atoms with Crippen LogP contribution in [0.25, 0.3) is 0 Å². The zero-order valence-corrected chi connectivity index (χ0v) is 16.5. The number of likely N-dealkylation sites (tertiary alicyclic amines) is 1. The molecule has 2 aliphatic rings. The zero-order valence-electron chi connectivity index (χ0n) is 14.2. The molecule has 2 fully saturated rings. The van der Waals surface area contributed by atoms with Crippen LogP contribution in [-0.2, 0) is 4.79 Å². The van der Waals surface area contributed by atoms with E-state index >= 15 is 0 Å². The molecule has 0 aromatic heterocycles. The third-order valence-corrected chi connectivity index (χ3v) is 4.63. The lowest BCUT2D eigenvalue weighted by Gasteiger charge is -2.34. The highest BCUT2D eigenvalue weighted by molar-refractivity contribution is 14.0. The molecule has 2 rings (SSSR count). The van der Waals surface area contributed by atoms with E-state index in [4.69, 9.17) is 0 Å². The van der Waals surface area contributed by atoms with E-state index in [2.05, 4.69) is 22.1 Å². The van der Waals surface area contributed by atoms with E-state index in [1.807, 2.05) is 0 Å². The molecule has 0 bridgehead atoms. The summed E-state index contributed by atoms with van der Waals surface area (Å²) in [6.45, 7) is 4.66. The number of hydrogen-bond donors (Lipinski definition) is 1. The zero-order chi connectivity index (χ0) is 15.2. The fourth-order valence-corrected chi connectivity index (χ4v) is 2.99. The molecule has 1 saturated heterocycles. The van der Waals surface area contributed by atoms with Gasteiger partial charge >= 0.3 is 0 Å². The molecule has 0 atom stereocenters. The van der Waals surface area contributed by atoms with Crippen LogP contribution in [0.2, 0.25) is 0 Å². The van der Waals surface area contributed by atoms with Gasteiger partial charge in [0.05, 0.1) is 0 Å². The first-order chi connectivity index (χ1) is 10.1. The number of halogens is 1. The Kier molecular flexibility index (Phi) is 8.49. The molecule has 6 heteroatoms. The highest BCUT2D eigenvalue weighted by Crippen LogP contribution is 2.20. The van der Waals surface area contributed by atoms with Crippen molar-refractivity contribution in [2.75, 3.05) is 33.7 Å². The van der Waals surface area contributed by atoms with E-state index < -0.39 is 0 Å². The van der Waals surface area contributed by atoms with Crippen molar-refractivity contribution in [1.82, 2.24) is 15.1 Å². The second-order valence-electron chi connectivity index (χ2n) is 6.72. The Labute approximate surface area is 151 Å². The van der Waals surface area contributed by atoms with E-state index in [9.17, 15) is 4.79 Å². The van der Waals surface area contributed by atoms with Crippen molar-refractivity contribution < 1.29 is 4.79 Å². The molecule has 5 nitrogen and oxygen atoms in total. The predicted octanol–water partition coefficient (Wildman–Crippen LogP) is 2.31. The number of carbonyl (C=O) groups is 1. The molecule has 128 valence electrons. The first-order valence-electron chi connectivity index (χ1n) is 8.32. The summed E-state index contributed by atoms with van der Waals surface area (Å²) in [6, 6.07) is 0.539. The van der Waals surface area contributed by atoms with Gasteiger partial charge in [0, 0.05) is 33.2 Å². The quantitative estimate of drug-likeness (QED) is 0.432. The van der Waals surface area contributed by atoms with E-state index in [0.717, 1.165) is 25.0 Å². The van der Waals surface area contributed by atoms with Gasteiger partial charge in [-0.15, -0.1) is 24.0 Å². The fraction of sp³-hybridized carbons (Fsp3) is 0.875. The van der Waals surface area contributed by atoms with Gasteiger partial charge in [0.2, 0.25) is 5.91 Å². The first-order valence-corrected chi connectivity index (χ1v) is 8.32. The molecule has 1 amide bonds. The SMILES string of the molecule is CC1CCN(C(=NCC(=O)N(C)C)NC2CCCC2)CC1.I. The van der Waals surface area contributed by atoms with Crippen LogP contribution in [0.4, 0.5) is 0 Å².